The molecule has 0 aliphatic rings. The highest BCUT2D eigenvalue weighted by molar-refractivity contribution is 5.76. The number of nitrogens with zero attached hydrogens (tertiary/aromatic N) is 1. The number of aryl methyl sites for hydroxylation is 1. The lowest BCUT2D eigenvalue weighted by Crippen LogP contribution is -2.31. The Labute approximate surface area is 110 Å². The van der Waals surface area contributed by atoms with Gasteiger partial charge in [-0.3, -0.25) is 4.79 Å². The van der Waals surface area contributed by atoms with Crippen LogP contribution in [0, 0.1) is 6.92 Å². The van der Waals surface area contributed by atoms with Crippen LogP contribution in [0.2, 0.25) is 0 Å². The molecule has 0 radical (unpaired) electrons. The molecule has 1 atom stereocenters. The van der Waals surface area contributed by atoms with Crippen LogP contribution in [-0.4, -0.2) is 23.4 Å². The van der Waals surface area contributed by atoms with Gasteiger partial charge in [0, 0.05) is 25.6 Å². The summed E-state index contributed by atoms with van der Waals surface area (Å²) in [6, 6.07) is 8.29. The summed E-state index contributed by atoms with van der Waals surface area (Å²) in [5, 5.41) is 0. The van der Waals surface area contributed by atoms with Gasteiger partial charge in [0.1, 0.15) is 0 Å². The third-order valence-electron chi connectivity index (χ3n) is 3.17. The Kier molecular flexibility index (Phi) is 5.86. The number of nitrogens with two attached hydrogens (primary N) is 1. The molecule has 100 valence electrons. The molecule has 0 saturated heterocycles. The van der Waals surface area contributed by atoms with Crippen molar-refractivity contribution in [1.82, 2.24) is 4.90 Å². The van der Waals surface area contributed by atoms with Gasteiger partial charge >= 0.3 is 0 Å². The van der Waals surface area contributed by atoms with Crippen molar-refractivity contribution in [3.05, 3.63) is 35.4 Å². The van der Waals surface area contributed by atoms with Crippen molar-refractivity contribution in [3.63, 3.8) is 0 Å². The molecule has 0 aromatic heterocycles. The van der Waals surface area contributed by atoms with Crippen LogP contribution in [0.3, 0.4) is 0 Å². The summed E-state index contributed by atoms with van der Waals surface area (Å²) in [6.45, 7) is 7.47. The van der Waals surface area contributed by atoms with E-state index in [4.69, 9.17) is 5.73 Å². The van der Waals surface area contributed by atoms with Gasteiger partial charge in [-0.05, 0) is 38.3 Å². The second-order valence-electron chi connectivity index (χ2n) is 4.85. The van der Waals surface area contributed by atoms with Crippen LogP contribution < -0.4 is 5.73 Å². The first-order valence-electron chi connectivity index (χ1n) is 6.62. The summed E-state index contributed by atoms with van der Waals surface area (Å²) in [6.07, 6.45) is 1.29. The molecule has 18 heavy (non-hydrogen) atoms. The van der Waals surface area contributed by atoms with Crippen molar-refractivity contribution < 1.29 is 4.79 Å². The topological polar surface area (TPSA) is 46.3 Å². The minimum atomic E-state index is 0.0890. The fourth-order valence-corrected chi connectivity index (χ4v) is 1.88. The van der Waals surface area contributed by atoms with Crippen LogP contribution >= 0.6 is 0 Å². The molecular formula is C15H24N2O. The van der Waals surface area contributed by atoms with E-state index >= 15 is 0 Å². The maximum atomic E-state index is 12.1. The van der Waals surface area contributed by atoms with E-state index in [1.807, 2.05) is 30.9 Å². The predicted octanol–water partition coefficient (Wildman–Crippen LogP) is 2.47. The third kappa shape index (κ3) is 4.49. The van der Waals surface area contributed by atoms with Crippen molar-refractivity contribution in [2.75, 3.05) is 6.54 Å². The largest absolute Gasteiger partial charge is 0.339 e. The molecule has 1 rings (SSSR count). The van der Waals surface area contributed by atoms with Crippen LogP contribution in [-0.2, 0) is 11.3 Å². The van der Waals surface area contributed by atoms with Gasteiger partial charge < -0.3 is 10.6 Å². The van der Waals surface area contributed by atoms with Crippen LogP contribution in [0.15, 0.2) is 24.3 Å². The summed E-state index contributed by atoms with van der Waals surface area (Å²) in [7, 11) is 0. The van der Waals surface area contributed by atoms with Crippen LogP contribution in [0.5, 0.6) is 0 Å². The predicted molar refractivity (Wildman–Crippen MR) is 75.2 cm³/mol. The molecule has 3 nitrogen and oxygen atoms in total. The maximum absolute atomic E-state index is 12.1. The zero-order chi connectivity index (χ0) is 13.5. The minimum absolute atomic E-state index is 0.0890. The number of benzene rings is 1. The lowest BCUT2D eigenvalue weighted by molar-refractivity contribution is -0.131. The summed E-state index contributed by atoms with van der Waals surface area (Å²) in [5.74, 6) is 0.193. The first-order valence-corrected chi connectivity index (χ1v) is 6.62. The number of hydrogen-bond acceptors (Lipinski definition) is 2. The van der Waals surface area contributed by atoms with Crippen molar-refractivity contribution in [1.29, 1.82) is 0 Å². The van der Waals surface area contributed by atoms with E-state index < -0.39 is 0 Å². The highest BCUT2D eigenvalue weighted by Crippen LogP contribution is 2.12. The number of amides is 1. The fourth-order valence-electron chi connectivity index (χ4n) is 1.88. The average Bonchev–Trinajstić information content (AvgIpc) is 2.35. The highest BCUT2D eigenvalue weighted by atomic mass is 16.2. The minimum Gasteiger partial charge on any atom is -0.339 e. The van der Waals surface area contributed by atoms with Gasteiger partial charge in [-0.15, -0.1) is 0 Å². The van der Waals surface area contributed by atoms with E-state index in [1.54, 1.807) is 0 Å². The highest BCUT2D eigenvalue weighted by Gasteiger charge is 2.13. The van der Waals surface area contributed by atoms with Gasteiger partial charge in [0.05, 0.1) is 0 Å². The van der Waals surface area contributed by atoms with E-state index in [1.165, 1.54) is 11.1 Å². The normalized spacial score (nSPS) is 12.2. The Bertz CT molecular complexity index is 388. The summed E-state index contributed by atoms with van der Waals surface area (Å²) in [4.78, 5) is 14.0. The fraction of sp³-hybridized carbons (Fsp3) is 0.533. The number of carbonyl (C=O) groups excluding carboxylic acids is 1. The molecule has 0 spiro atoms. The van der Waals surface area contributed by atoms with Gasteiger partial charge in [-0.1, -0.05) is 24.3 Å². The molecule has 3 heteroatoms. The lowest BCUT2D eigenvalue weighted by atomic mass is 10.1. The number of carbonyl (C=O) groups is 1. The monoisotopic (exact) mass is 248 g/mol. The molecule has 0 heterocycles. The van der Waals surface area contributed by atoms with Crippen molar-refractivity contribution in [2.45, 2.75) is 46.2 Å². The molecule has 1 unspecified atom stereocenters. The first kappa shape index (κ1) is 14.7. The molecule has 0 fully saturated rings. The average molecular weight is 248 g/mol. The van der Waals surface area contributed by atoms with Crippen LogP contribution in [0.25, 0.3) is 0 Å². The Balaban J connectivity index is 2.62. The Morgan fingerprint density at radius 1 is 1.39 bits per heavy atom. The maximum Gasteiger partial charge on any atom is 0.222 e. The Hall–Kier alpha value is -1.35. The number of hydrogen-bond donors (Lipinski definition) is 1. The third-order valence-corrected chi connectivity index (χ3v) is 3.17. The second-order valence-corrected chi connectivity index (χ2v) is 4.85. The first-order chi connectivity index (χ1) is 8.54. The van der Waals surface area contributed by atoms with Gasteiger partial charge in [0.25, 0.3) is 0 Å². The second kappa shape index (κ2) is 7.17. The molecule has 0 saturated carbocycles. The molecule has 1 aromatic carbocycles. The standard InChI is InChI=1S/C15H24N2O/c1-4-17(15(18)10-9-13(3)16)11-14-8-6-5-7-12(14)2/h5-8,13H,4,9-11,16H2,1-3H3. The quantitative estimate of drug-likeness (QED) is 0.840. The molecule has 0 aliphatic carbocycles. The van der Waals surface area contributed by atoms with E-state index in [0.29, 0.717) is 13.0 Å². The van der Waals surface area contributed by atoms with E-state index in [0.717, 1.165) is 13.0 Å². The van der Waals surface area contributed by atoms with Crippen molar-refractivity contribution >= 4 is 5.91 Å². The lowest BCUT2D eigenvalue weighted by Gasteiger charge is -2.22. The molecule has 2 N–H and O–H groups in total. The Morgan fingerprint density at radius 2 is 2.06 bits per heavy atom. The van der Waals surface area contributed by atoms with Gasteiger partial charge in [-0.25, -0.2) is 0 Å². The molecule has 1 aromatic rings. The van der Waals surface area contributed by atoms with E-state index in [-0.39, 0.29) is 11.9 Å². The van der Waals surface area contributed by atoms with Crippen LogP contribution in [0.4, 0.5) is 0 Å². The number of rotatable bonds is 6. The van der Waals surface area contributed by atoms with E-state index in [2.05, 4.69) is 19.1 Å². The zero-order valence-electron chi connectivity index (χ0n) is 11.6. The molecular weight excluding hydrogens is 224 g/mol. The Morgan fingerprint density at radius 3 is 2.61 bits per heavy atom. The van der Waals surface area contributed by atoms with Crippen LogP contribution in [0.1, 0.15) is 37.8 Å². The van der Waals surface area contributed by atoms with Gasteiger partial charge in [-0.2, -0.15) is 0 Å². The van der Waals surface area contributed by atoms with E-state index in [9.17, 15) is 4.79 Å². The molecule has 0 bridgehead atoms. The van der Waals surface area contributed by atoms with Crippen molar-refractivity contribution in [2.24, 2.45) is 5.73 Å². The van der Waals surface area contributed by atoms with Crippen molar-refractivity contribution in [3.8, 4) is 0 Å². The van der Waals surface area contributed by atoms with Gasteiger partial charge in [0.15, 0.2) is 0 Å². The smallest absolute Gasteiger partial charge is 0.222 e. The zero-order valence-corrected chi connectivity index (χ0v) is 11.6. The molecule has 0 aliphatic heterocycles. The molecule has 1 amide bonds. The summed E-state index contributed by atoms with van der Waals surface area (Å²) in [5.41, 5.74) is 8.14. The SMILES string of the molecule is CCN(Cc1ccccc1C)C(=O)CCC(C)N. The van der Waals surface area contributed by atoms with Gasteiger partial charge in [0.2, 0.25) is 5.91 Å². The summed E-state index contributed by atoms with van der Waals surface area (Å²) >= 11 is 0. The summed E-state index contributed by atoms with van der Waals surface area (Å²) < 4.78 is 0.